The van der Waals surface area contributed by atoms with Gasteiger partial charge < -0.3 is 14.4 Å². The SMILES string of the molecule is CC(OC(=O)Nc1c(C2CC2)noc1C#Cc1nc2nc(C3(C(=O)O)CC3)sc2s1)c1ccccc1. The summed E-state index contributed by atoms with van der Waals surface area (Å²) in [5.74, 6) is 5.52. The summed E-state index contributed by atoms with van der Waals surface area (Å²) in [5, 5.41) is 17.5. The van der Waals surface area contributed by atoms with Gasteiger partial charge in [0.05, 0.1) is 0 Å². The van der Waals surface area contributed by atoms with Gasteiger partial charge in [0.2, 0.25) is 5.76 Å². The van der Waals surface area contributed by atoms with E-state index in [4.69, 9.17) is 9.26 Å². The average molecular weight is 521 g/mol. The number of carbonyl (C=O) groups is 2. The number of nitrogens with zero attached hydrogens (tertiary/aromatic N) is 3. The molecule has 1 amide bonds. The predicted molar refractivity (Wildman–Crippen MR) is 133 cm³/mol. The van der Waals surface area contributed by atoms with Gasteiger partial charge in [-0.2, -0.15) is 0 Å². The fourth-order valence-electron chi connectivity index (χ4n) is 3.88. The fourth-order valence-corrected chi connectivity index (χ4v) is 6.09. The lowest BCUT2D eigenvalue weighted by atomic mass is 10.1. The summed E-state index contributed by atoms with van der Waals surface area (Å²) in [4.78, 5) is 33.1. The summed E-state index contributed by atoms with van der Waals surface area (Å²) in [5.41, 5.74) is 1.63. The molecule has 0 radical (unpaired) electrons. The Morgan fingerprint density at radius 3 is 2.64 bits per heavy atom. The van der Waals surface area contributed by atoms with Crippen LogP contribution in [0, 0.1) is 11.8 Å². The van der Waals surface area contributed by atoms with E-state index in [0.29, 0.717) is 39.9 Å². The van der Waals surface area contributed by atoms with Crippen molar-refractivity contribution in [1.82, 2.24) is 15.1 Å². The molecule has 0 spiro atoms. The zero-order chi connectivity index (χ0) is 24.9. The van der Waals surface area contributed by atoms with Crippen LogP contribution in [-0.2, 0) is 14.9 Å². The number of hydrogen-bond donors (Lipinski definition) is 2. The van der Waals surface area contributed by atoms with Crippen molar-refractivity contribution in [3.63, 3.8) is 0 Å². The number of carboxylic acid groups (broad SMARTS) is 1. The van der Waals surface area contributed by atoms with Crippen LogP contribution >= 0.6 is 22.7 Å². The first-order valence-electron chi connectivity index (χ1n) is 11.5. The van der Waals surface area contributed by atoms with E-state index >= 15 is 0 Å². The number of benzene rings is 1. The molecule has 2 aliphatic carbocycles. The van der Waals surface area contributed by atoms with Crippen LogP contribution < -0.4 is 5.32 Å². The standard InChI is InChI=1S/C25H20N4O5S2/c1-13(14-5-3-2-4-6-14)33-24(32)27-19-16(34-29-18(19)15-7-8-15)9-10-17-26-20-21(35-17)36-22(28-20)25(11-12-25)23(30)31/h2-6,13,15H,7-8,11-12H2,1H3,(H,27,32)(H,30,31). The molecule has 1 unspecified atom stereocenters. The first-order chi connectivity index (χ1) is 17.4. The smallest absolute Gasteiger partial charge is 0.412 e. The summed E-state index contributed by atoms with van der Waals surface area (Å²) in [7, 11) is 0. The van der Waals surface area contributed by atoms with E-state index < -0.39 is 23.6 Å². The zero-order valence-corrected chi connectivity index (χ0v) is 20.7. The lowest BCUT2D eigenvalue weighted by Gasteiger charge is -2.14. The molecule has 4 aromatic rings. The van der Waals surface area contributed by atoms with Crippen molar-refractivity contribution in [1.29, 1.82) is 0 Å². The molecule has 36 heavy (non-hydrogen) atoms. The molecule has 0 saturated heterocycles. The lowest BCUT2D eigenvalue weighted by Crippen LogP contribution is -2.18. The van der Waals surface area contributed by atoms with Crippen LogP contribution in [-0.4, -0.2) is 32.3 Å². The largest absolute Gasteiger partial charge is 0.481 e. The maximum absolute atomic E-state index is 12.7. The third-order valence-electron chi connectivity index (χ3n) is 6.29. The van der Waals surface area contributed by atoms with Crippen molar-refractivity contribution in [3.8, 4) is 11.8 Å². The van der Waals surface area contributed by atoms with E-state index in [1.165, 1.54) is 22.7 Å². The molecule has 182 valence electrons. The van der Waals surface area contributed by atoms with E-state index in [9.17, 15) is 14.7 Å². The number of aliphatic carboxylic acids is 1. The quantitative estimate of drug-likeness (QED) is 0.322. The van der Waals surface area contributed by atoms with Gasteiger partial charge in [0.25, 0.3) is 0 Å². The van der Waals surface area contributed by atoms with Crippen molar-refractivity contribution >= 4 is 50.1 Å². The molecule has 3 aromatic heterocycles. The molecule has 0 aliphatic heterocycles. The van der Waals surface area contributed by atoms with Gasteiger partial charge in [-0.15, -0.1) is 11.3 Å². The zero-order valence-electron chi connectivity index (χ0n) is 19.1. The second kappa shape index (κ2) is 8.72. The number of thiazole rings is 2. The van der Waals surface area contributed by atoms with Gasteiger partial charge >= 0.3 is 12.1 Å². The Kier molecular flexibility index (Phi) is 5.50. The minimum absolute atomic E-state index is 0.225. The van der Waals surface area contributed by atoms with Gasteiger partial charge in [0, 0.05) is 5.92 Å². The molecule has 3 heterocycles. The minimum atomic E-state index is -0.844. The van der Waals surface area contributed by atoms with Crippen LogP contribution in [0.4, 0.5) is 10.5 Å². The van der Waals surface area contributed by atoms with Gasteiger partial charge in [-0.05, 0) is 50.0 Å². The van der Waals surface area contributed by atoms with E-state index in [1.807, 2.05) is 30.3 Å². The van der Waals surface area contributed by atoms with Crippen molar-refractivity contribution in [3.05, 3.63) is 57.4 Å². The first kappa shape index (κ1) is 22.7. The van der Waals surface area contributed by atoms with E-state index in [2.05, 4.69) is 32.3 Å². The van der Waals surface area contributed by atoms with Gasteiger partial charge in [0.15, 0.2) is 10.7 Å². The highest BCUT2D eigenvalue weighted by Crippen LogP contribution is 2.51. The van der Waals surface area contributed by atoms with Crippen LogP contribution in [0.2, 0.25) is 0 Å². The van der Waals surface area contributed by atoms with Gasteiger partial charge in [-0.25, -0.2) is 14.8 Å². The summed E-state index contributed by atoms with van der Waals surface area (Å²) in [6.07, 6.45) is 2.11. The van der Waals surface area contributed by atoms with Crippen molar-refractivity contribution in [2.75, 3.05) is 5.32 Å². The summed E-state index contributed by atoms with van der Waals surface area (Å²) >= 11 is 2.70. The van der Waals surface area contributed by atoms with Crippen LogP contribution in [0.3, 0.4) is 0 Å². The number of nitrogens with one attached hydrogen (secondary N) is 1. The second-order valence-electron chi connectivity index (χ2n) is 8.92. The molecule has 2 fully saturated rings. The molecule has 1 atom stereocenters. The molecular formula is C25H20N4O5S2. The highest BCUT2D eigenvalue weighted by Gasteiger charge is 2.54. The third-order valence-corrected chi connectivity index (χ3v) is 8.59. The molecule has 9 nitrogen and oxygen atoms in total. The highest BCUT2D eigenvalue weighted by molar-refractivity contribution is 7.38. The Morgan fingerprint density at radius 2 is 1.97 bits per heavy atom. The number of carbonyl (C=O) groups excluding carboxylic acids is 1. The number of anilines is 1. The monoisotopic (exact) mass is 520 g/mol. The van der Waals surface area contributed by atoms with Crippen LogP contribution in [0.5, 0.6) is 0 Å². The first-order valence-corrected chi connectivity index (χ1v) is 13.1. The number of amides is 1. The highest BCUT2D eigenvalue weighted by atomic mass is 32.2. The maximum Gasteiger partial charge on any atom is 0.412 e. The predicted octanol–water partition coefficient (Wildman–Crippen LogP) is 5.44. The summed E-state index contributed by atoms with van der Waals surface area (Å²) in [6.45, 7) is 1.81. The normalized spacial score (nSPS) is 16.7. The second-order valence-corrected chi connectivity index (χ2v) is 11.2. The molecule has 2 aliphatic rings. The van der Waals surface area contributed by atoms with Crippen LogP contribution in [0.25, 0.3) is 9.66 Å². The number of fused-ring (bicyclic) bond motifs is 1. The van der Waals surface area contributed by atoms with Gasteiger partial charge in [0.1, 0.15) is 31.9 Å². The van der Waals surface area contributed by atoms with Crippen molar-refractivity contribution < 1.29 is 24.0 Å². The van der Waals surface area contributed by atoms with Crippen molar-refractivity contribution in [2.24, 2.45) is 0 Å². The Bertz CT molecular complexity index is 1510. The number of carboxylic acids is 1. The molecule has 2 N–H and O–H groups in total. The number of hydrogen-bond acceptors (Lipinski definition) is 9. The average Bonchev–Trinajstić information content (AvgIpc) is 3.76. The van der Waals surface area contributed by atoms with Crippen LogP contribution in [0.1, 0.15) is 71.7 Å². The molecule has 11 heteroatoms. The Labute approximate surface area is 213 Å². The van der Waals surface area contributed by atoms with Crippen LogP contribution in [0.15, 0.2) is 34.9 Å². The van der Waals surface area contributed by atoms with E-state index in [0.717, 1.165) is 22.4 Å². The Balaban J connectivity index is 1.21. The maximum atomic E-state index is 12.7. The number of aromatic nitrogens is 3. The van der Waals surface area contributed by atoms with E-state index in [-0.39, 0.29) is 11.7 Å². The fraction of sp³-hybridized carbons (Fsp3) is 0.320. The molecular weight excluding hydrogens is 500 g/mol. The third kappa shape index (κ3) is 4.23. The Hall–Kier alpha value is -3.75. The van der Waals surface area contributed by atoms with E-state index in [1.54, 1.807) is 6.92 Å². The number of ether oxygens (including phenoxy) is 1. The van der Waals surface area contributed by atoms with Crippen molar-refractivity contribution in [2.45, 2.75) is 50.0 Å². The minimum Gasteiger partial charge on any atom is -0.481 e. The summed E-state index contributed by atoms with van der Waals surface area (Å²) in [6, 6.07) is 9.48. The molecule has 2 saturated carbocycles. The molecule has 6 rings (SSSR count). The van der Waals surface area contributed by atoms with Gasteiger partial charge in [-0.3, -0.25) is 10.1 Å². The Morgan fingerprint density at radius 1 is 1.19 bits per heavy atom. The molecule has 1 aromatic carbocycles. The van der Waals surface area contributed by atoms with Gasteiger partial charge in [-0.1, -0.05) is 46.8 Å². The summed E-state index contributed by atoms with van der Waals surface area (Å²) < 4.78 is 11.8. The molecule has 0 bridgehead atoms. The topological polar surface area (TPSA) is 127 Å². The number of rotatable bonds is 6. The lowest BCUT2D eigenvalue weighted by molar-refractivity contribution is -0.140.